The van der Waals surface area contributed by atoms with Gasteiger partial charge in [0.1, 0.15) is 0 Å². The Bertz CT molecular complexity index is 514. The molecule has 2 rings (SSSR count). The Morgan fingerprint density at radius 3 is 2.43 bits per heavy atom. The van der Waals surface area contributed by atoms with Crippen molar-refractivity contribution in [2.24, 2.45) is 0 Å². The molecule has 0 atom stereocenters. The molecule has 21 heavy (non-hydrogen) atoms. The van der Waals surface area contributed by atoms with Gasteiger partial charge in [0.05, 0.1) is 0 Å². The molecule has 0 saturated carbocycles. The molecule has 0 radical (unpaired) electrons. The number of rotatable bonds is 1. The maximum Gasteiger partial charge on any atom is 0.316 e. The van der Waals surface area contributed by atoms with E-state index in [9.17, 15) is 9.59 Å². The average molecular weight is 289 g/mol. The zero-order chi connectivity index (χ0) is 15.4. The highest BCUT2D eigenvalue weighted by Gasteiger charge is 2.26. The summed E-state index contributed by atoms with van der Waals surface area (Å²) in [6.45, 7) is 6.83. The van der Waals surface area contributed by atoms with Crippen LogP contribution in [-0.2, 0) is 9.59 Å². The number of likely N-dealkylation sites (N-methyl/N-ethyl adjacent to an activating group) is 1. The molecular weight excluding hydrogens is 266 g/mol. The first kappa shape index (κ1) is 15.5. The van der Waals surface area contributed by atoms with E-state index in [4.69, 9.17) is 0 Å². The first-order chi connectivity index (χ1) is 9.99. The average Bonchev–Trinajstić information content (AvgIpc) is 2.73. The van der Waals surface area contributed by atoms with E-state index >= 15 is 0 Å². The van der Waals surface area contributed by atoms with Crippen LogP contribution >= 0.6 is 0 Å². The molecule has 1 aromatic rings. The van der Waals surface area contributed by atoms with Crippen LogP contribution in [0.1, 0.15) is 17.5 Å². The Labute approximate surface area is 125 Å². The van der Waals surface area contributed by atoms with Gasteiger partial charge in [0.15, 0.2) is 0 Å². The summed E-state index contributed by atoms with van der Waals surface area (Å²) in [5, 5.41) is 3.23. The fourth-order valence-electron chi connectivity index (χ4n) is 2.59. The van der Waals surface area contributed by atoms with Gasteiger partial charge < -0.3 is 15.1 Å². The number of nitrogens with one attached hydrogen (secondary N) is 1. The van der Waals surface area contributed by atoms with Gasteiger partial charge in [-0.15, -0.1) is 0 Å². The van der Waals surface area contributed by atoms with E-state index in [0.717, 1.165) is 36.3 Å². The Kier molecular flexibility index (Phi) is 4.96. The zero-order valence-electron chi connectivity index (χ0n) is 13.0. The molecule has 2 amide bonds. The minimum Gasteiger partial charge on any atom is -0.333 e. The Balaban J connectivity index is 2.12. The van der Waals surface area contributed by atoms with Gasteiger partial charge in [-0.05, 0) is 50.1 Å². The van der Waals surface area contributed by atoms with Crippen LogP contribution in [0, 0.1) is 13.8 Å². The number of carbonyl (C=O) groups excluding carboxylic acids is 2. The fourth-order valence-corrected chi connectivity index (χ4v) is 2.59. The molecule has 1 N–H and O–H groups in total. The van der Waals surface area contributed by atoms with E-state index in [-0.39, 0.29) is 0 Å². The van der Waals surface area contributed by atoms with Crippen molar-refractivity contribution in [2.45, 2.75) is 20.3 Å². The summed E-state index contributed by atoms with van der Waals surface area (Å²) in [4.78, 5) is 27.8. The third kappa shape index (κ3) is 3.82. The molecule has 1 saturated heterocycles. The third-order valence-electron chi connectivity index (χ3n) is 3.71. The molecule has 1 aliphatic rings. The lowest BCUT2D eigenvalue weighted by atomic mass is 10.1. The summed E-state index contributed by atoms with van der Waals surface area (Å²) in [6, 6.07) is 5.88. The monoisotopic (exact) mass is 289 g/mol. The lowest BCUT2D eigenvalue weighted by Gasteiger charge is -2.23. The standard InChI is InChI=1S/C16H23N3O2/c1-12-9-13(2)11-14(10-12)18(3)15(20)16(21)19-7-4-5-17-6-8-19/h9-11,17H,4-8H2,1-3H3. The van der Waals surface area contributed by atoms with Gasteiger partial charge in [0, 0.05) is 32.4 Å². The smallest absolute Gasteiger partial charge is 0.316 e. The van der Waals surface area contributed by atoms with E-state index in [0.29, 0.717) is 13.1 Å². The molecule has 1 aromatic carbocycles. The van der Waals surface area contributed by atoms with Crippen LogP contribution < -0.4 is 10.2 Å². The fraction of sp³-hybridized carbons (Fsp3) is 0.500. The minimum atomic E-state index is -0.470. The van der Waals surface area contributed by atoms with Gasteiger partial charge in [0.25, 0.3) is 0 Å². The Morgan fingerprint density at radius 2 is 1.76 bits per heavy atom. The molecule has 0 bridgehead atoms. The van der Waals surface area contributed by atoms with Crippen LogP contribution in [0.3, 0.4) is 0 Å². The molecule has 114 valence electrons. The molecule has 1 heterocycles. The highest BCUT2D eigenvalue weighted by atomic mass is 16.2. The normalized spacial score (nSPS) is 15.5. The number of amides is 2. The number of hydrogen-bond donors (Lipinski definition) is 1. The van der Waals surface area contributed by atoms with Crippen molar-refractivity contribution in [3.63, 3.8) is 0 Å². The third-order valence-corrected chi connectivity index (χ3v) is 3.71. The van der Waals surface area contributed by atoms with Crippen molar-refractivity contribution < 1.29 is 9.59 Å². The van der Waals surface area contributed by atoms with Gasteiger partial charge in [-0.1, -0.05) is 6.07 Å². The van der Waals surface area contributed by atoms with Crippen molar-refractivity contribution in [2.75, 3.05) is 38.1 Å². The quantitative estimate of drug-likeness (QED) is 0.787. The lowest BCUT2D eigenvalue weighted by molar-refractivity contribution is -0.144. The predicted octanol–water partition coefficient (Wildman–Crippen LogP) is 1.09. The highest BCUT2D eigenvalue weighted by molar-refractivity contribution is 6.40. The number of carbonyl (C=O) groups is 2. The highest BCUT2D eigenvalue weighted by Crippen LogP contribution is 2.18. The van der Waals surface area contributed by atoms with Crippen molar-refractivity contribution >= 4 is 17.5 Å². The molecule has 5 nitrogen and oxygen atoms in total. The Hall–Kier alpha value is -1.88. The lowest BCUT2D eigenvalue weighted by Crippen LogP contribution is -2.45. The number of hydrogen-bond acceptors (Lipinski definition) is 3. The molecule has 0 aliphatic carbocycles. The van der Waals surface area contributed by atoms with E-state index in [1.807, 2.05) is 32.0 Å². The zero-order valence-corrected chi connectivity index (χ0v) is 13.0. The van der Waals surface area contributed by atoms with Gasteiger partial charge in [-0.2, -0.15) is 0 Å². The van der Waals surface area contributed by atoms with E-state index in [2.05, 4.69) is 5.32 Å². The van der Waals surface area contributed by atoms with E-state index < -0.39 is 11.8 Å². The summed E-state index contributed by atoms with van der Waals surface area (Å²) in [5.41, 5.74) is 2.92. The van der Waals surface area contributed by atoms with Crippen molar-refractivity contribution in [1.82, 2.24) is 10.2 Å². The molecule has 0 unspecified atom stereocenters. The van der Waals surface area contributed by atoms with E-state index in [1.54, 1.807) is 11.9 Å². The number of benzene rings is 1. The second-order valence-corrected chi connectivity index (χ2v) is 5.61. The van der Waals surface area contributed by atoms with Gasteiger partial charge >= 0.3 is 11.8 Å². The molecule has 0 aromatic heterocycles. The van der Waals surface area contributed by atoms with E-state index in [1.165, 1.54) is 4.90 Å². The predicted molar refractivity (Wildman–Crippen MR) is 83.4 cm³/mol. The van der Waals surface area contributed by atoms with Crippen LogP contribution in [0.25, 0.3) is 0 Å². The van der Waals surface area contributed by atoms with Crippen molar-refractivity contribution in [1.29, 1.82) is 0 Å². The molecule has 5 heteroatoms. The Morgan fingerprint density at radius 1 is 1.10 bits per heavy atom. The van der Waals surface area contributed by atoms with Crippen LogP contribution in [0.15, 0.2) is 18.2 Å². The second-order valence-electron chi connectivity index (χ2n) is 5.61. The number of aryl methyl sites for hydroxylation is 2. The van der Waals surface area contributed by atoms with Gasteiger partial charge in [-0.25, -0.2) is 0 Å². The van der Waals surface area contributed by atoms with Gasteiger partial charge in [-0.3, -0.25) is 9.59 Å². The first-order valence-corrected chi connectivity index (χ1v) is 7.35. The molecule has 1 aliphatic heterocycles. The topological polar surface area (TPSA) is 52.7 Å². The molecule has 0 spiro atoms. The number of nitrogens with zero attached hydrogens (tertiary/aromatic N) is 2. The largest absolute Gasteiger partial charge is 0.333 e. The second kappa shape index (κ2) is 6.72. The van der Waals surface area contributed by atoms with Crippen molar-refractivity contribution in [3.05, 3.63) is 29.3 Å². The van der Waals surface area contributed by atoms with Crippen LogP contribution in [-0.4, -0.2) is 49.9 Å². The number of anilines is 1. The summed E-state index contributed by atoms with van der Waals surface area (Å²) in [6.07, 6.45) is 0.881. The summed E-state index contributed by atoms with van der Waals surface area (Å²) < 4.78 is 0. The summed E-state index contributed by atoms with van der Waals surface area (Å²) in [5.74, 6) is -0.887. The van der Waals surface area contributed by atoms with Crippen LogP contribution in [0.5, 0.6) is 0 Å². The van der Waals surface area contributed by atoms with Crippen LogP contribution in [0.2, 0.25) is 0 Å². The SMILES string of the molecule is Cc1cc(C)cc(N(C)C(=O)C(=O)N2CCCNCC2)c1. The maximum absolute atomic E-state index is 12.4. The molecule has 1 fully saturated rings. The van der Waals surface area contributed by atoms with Crippen LogP contribution in [0.4, 0.5) is 5.69 Å². The minimum absolute atomic E-state index is 0.416. The maximum atomic E-state index is 12.4. The summed E-state index contributed by atoms with van der Waals surface area (Å²) in [7, 11) is 1.66. The summed E-state index contributed by atoms with van der Waals surface area (Å²) >= 11 is 0. The van der Waals surface area contributed by atoms with Gasteiger partial charge in [0.2, 0.25) is 0 Å². The first-order valence-electron chi connectivity index (χ1n) is 7.35. The molecular formula is C16H23N3O2. The van der Waals surface area contributed by atoms with Crippen molar-refractivity contribution in [3.8, 4) is 0 Å².